The maximum Gasteiger partial charge on any atom is 0.334 e. The minimum Gasteiger partial charge on any atom is -0.479 e. The van der Waals surface area contributed by atoms with E-state index in [-0.39, 0.29) is 36.9 Å². The highest BCUT2D eigenvalue weighted by molar-refractivity contribution is 7.92. The van der Waals surface area contributed by atoms with E-state index in [2.05, 4.69) is 4.72 Å². The Labute approximate surface area is 140 Å². The summed E-state index contributed by atoms with van der Waals surface area (Å²) in [6.45, 7) is 2.15. The van der Waals surface area contributed by atoms with Crippen molar-refractivity contribution in [1.29, 1.82) is 0 Å². The second-order valence-electron chi connectivity index (χ2n) is 5.45. The van der Waals surface area contributed by atoms with Crippen LogP contribution in [0.15, 0.2) is 24.3 Å². The zero-order valence-electron chi connectivity index (χ0n) is 13.3. The molecule has 1 saturated heterocycles. The molecule has 1 amide bonds. The van der Waals surface area contributed by atoms with Crippen molar-refractivity contribution in [1.82, 2.24) is 4.90 Å². The van der Waals surface area contributed by atoms with Gasteiger partial charge in [-0.3, -0.25) is 9.52 Å². The van der Waals surface area contributed by atoms with E-state index < -0.39 is 22.1 Å². The number of nitrogens with one attached hydrogen (secondary N) is 1. The van der Waals surface area contributed by atoms with Gasteiger partial charge in [-0.1, -0.05) is 13.0 Å². The highest BCUT2D eigenvalue weighted by Gasteiger charge is 2.29. The molecule has 0 aliphatic carbocycles. The molecule has 9 heteroatoms. The third-order valence-corrected chi connectivity index (χ3v) is 4.98. The molecule has 1 aliphatic rings. The van der Waals surface area contributed by atoms with Crippen molar-refractivity contribution >= 4 is 27.6 Å². The molecule has 1 aromatic rings. The maximum absolute atomic E-state index is 12.5. The number of hydrogen-bond donors (Lipinski definition) is 2. The fraction of sp³-hybridized carbons (Fsp3) is 0.467. The summed E-state index contributed by atoms with van der Waals surface area (Å²) in [6, 6.07) is 6.14. The Bertz CT molecular complexity index is 718. The Morgan fingerprint density at radius 3 is 2.83 bits per heavy atom. The first-order valence-electron chi connectivity index (χ1n) is 7.56. The van der Waals surface area contributed by atoms with Crippen LogP contribution in [0.5, 0.6) is 0 Å². The molecule has 2 rings (SSSR count). The largest absolute Gasteiger partial charge is 0.479 e. The van der Waals surface area contributed by atoms with E-state index in [4.69, 9.17) is 9.84 Å². The second kappa shape index (κ2) is 7.63. The van der Waals surface area contributed by atoms with E-state index in [0.29, 0.717) is 12.1 Å². The number of hydrogen-bond acceptors (Lipinski definition) is 5. The summed E-state index contributed by atoms with van der Waals surface area (Å²) in [5, 5.41) is 8.99. The Balaban J connectivity index is 2.13. The number of morpholine rings is 1. The van der Waals surface area contributed by atoms with Crippen LogP contribution >= 0.6 is 0 Å². The van der Waals surface area contributed by atoms with Crippen LogP contribution in [0.3, 0.4) is 0 Å². The number of amides is 1. The van der Waals surface area contributed by atoms with Crippen molar-refractivity contribution in [2.24, 2.45) is 0 Å². The first kappa shape index (κ1) is 18.2. The van der Waals surface area contributed by atoms with Crippen LogP contribution in [0.1, 0.15) is 23.7 Å². The molecule has 0 saturated carbocycles. The number of carboxylic acids is 1. The number of ether oxygens (including phenoxy) is 1. The first-order valence-corrected chi connectivity index (χ1v) is 9.22. The van der Waals surface area contributed by atoms with Crippen molar-refractivity contribution < 1.29 is 27.9 Å². The summed E-state index contributed by atoms with van der Waals surface area (Å²) < 4.78 is 31.1. The Morgan fingerprint density at radius 2 is 2.17 bits per heavy atom. The Hall–Kier alpha value is -2.13. The van der Waals surface area contributed by atoms with Gasteiger partial charge in [0.1, 0.15) is 0 Å². The van der Waals surface area contributed by atoms with Crippen LogP contribution < -0.4 is 4.72 Å². The van der Waals surface area contributed by atoms with Crippen molar-refractivity contribution in [2.75, 3.05) is 30.2 Å². The molecular weight excluding hydrogens is 336 g/mol. The quantitative estimate of drug-likeness (QED) is 0.778. The normalized spacial score (nSPS) is 18.2. The number of anilines is 1. The van der Waals surface area contributed by atoms with Gasteiger partial charge in [-0.05, 0) is 24.6 Å². The topological polar surface area (TPSA) is 113 Å². The summed E-state index contributed by atoms with van der Waals surface area (Å²) in [7, 11) is -3.44. The van der Waals surface area contributed by atoms with Crippen LogP contribution in [0, 0.1) is 0 Å². The first-order chi connectivity index (χ1) is 11.3. The number of carboxylic acid groups (broad SMARTS) is 1. The Morgan fingerprint density at radius 1 is 1.42 bits per heavy atom. The molecule has 1 aliphatic heterocycles. The zero-order valence-corrected chi connectivity index (χ0v) is 14.1. The van der Waals surface area contributed by atoms with Gasteiger partial charge in [0.25, 0.3) is 5.91 Å². The van der Waals surface area contributed by atoms with Crippen molar-refractivity contribution in [3.63, 3.8) is 0 Å². The van der Waals surface area contributed by atoms with E-state index in [9.17, 15) is 18.0 Å². The van der Waals surface area contributed by atoms with Gasteiger partial charge in [0.2, 0.25) is 10.0 Å². The third-order valence-electron chi connectivity index (χ3n) is 3.48. The number of rotatable bonds is 6. The third kappa shape index (κ3) is 4.68. The van der Waals surface area contributed by atoms with E-state index in [1.165, 1.54) is 11.0 Å². The predicted octanol–water partition coefficient (Wildman–Crippen LogP) is 0.764. The van der Waals surface area contributed by atoms with Gasteiger partial charge < -0.3 is 14.7 Å². The van der Waals surface area contributed by atoms with Crippen LogP contribution in [0.2, 0.25) is 0 Å². The van der Waals surface area contributed by atoms with Gasteiger partial charge in [-0.15, -0.1) is 0 Å². The summed E-state index contributed by atoms with van der Waals surface area (Å²) >= 11 is 0. The standard InChI is InChI=1S/C15H20N2O6S/c1-2-8-24(21,22)16-12-5-3-4-11(9-12)14(18)17-6-7-23-13(10-17)15(19)20/h3-5,9,13,16H,2,6-8,10H2,1H3,(H,19,20). The average Bonchev–Trinajstić information content (AvgIpc) is 2.54. The van der Waals surface area contributed by atoms with Crippen LogP contribution in [0.4, 0.5) is 5.69 Å². The predicted molar refractivity (Wildman–Crippen MR) is 87.4 cm³/mol. The highest BCUT2D eigenvalue weighted by atomic mass is 32.2. The lowest BCUT2D eigenvalue weighted by Gasteiger charge is -2.31. The van der Waals surface area contributed by atoms with Crippen LogP contribution in [-0.2, 0) is 19.6 Å². The molecule has 0 bridgehead atoms. The van der Waals surface area contributed by atoms with Gasteiger partial charge in [0.15, 0.2) is 6.10 Å². The summed E-state index contributed by atoms with van der Waals surface area (Å²) in [4.78, 5) is 24.9. The molecule has 1 heterocycles. The van der Waals surface area contributed by atoms with Crippen molar-refractivity contribution in [3.8, 4) is 0 Å². The molecular formula is C15H20N2O6S. The van der Waals surface area contributed by atoms with E-state index in [1.807, 2.05) is 0 Å². The van der Waals surface area contributed by atoms with Gasteiger partial charge in [-0.2, -0.15) is 0 Å². The van der Waals surface area contributed by atoms with E-state index in [1.54, 1.807) is 25.1 Å². The van der Waals surface area contributed by atoms with E-state index in [0.717, 1.165) is 0 Å². The lowest BCUT2D eigenvalue weighted by Crippen LogP contribution is -2.48. The molecule has 24 heavy (non-hydrogen) atoms. The van der Waals surface area contributed by atoms with Crippen molar-refractivity contribution in [2.45, 2.75) is 19.4 Å². The van der Waals surface area contributed by atoms with Gasteiger partial charge >= 0.3 is 5.97 Å². The number of benzene rings is 1. The fourth-order valence-corrected chi connectivity index (χ4v) is 3.51. The smallest absolute Gasteiger partial charge is 0.334 e. The molecule has 0 spiro atoms. The molecule has 2 N–H and O–H groups in total. The minimum absolute atomic E-state index is 0.00503. The molecule has 8 nitrogen and oxygen atoms in total. The molecule has 0 aromatic heterocycles. The van der Waals surface area contributed by atoms with E-state index >= 15 is 0 Å². The number of carbonyl (C=O) groups excluding carboxylic acids is 1. The Kier molecular flexibility index (Phi) is 5.79. The number of carbonyl (C=O) groups is 2. The van der Waals surface area contributed by atoms with Crippen molar-refractivity contribution in [3.05, 3.63) is 29.8 Å². The monoisotopic (exact) mass is 356 g/mol. The number of nitrogens with zero attached hydrogens (tertiary/aromatic N) is 1. The van der Waals surface area contributed by atoms with Crippen LogP contribution in [-0.4, -0.2) is 61.9 Å². The molecule has 0 radical (unpaired) electrons. The van der Waals surface area contributed by atoms with Gasteiger partial charge in [-0.25, -0.2) is 13.2 Å². The average molecular weight is 356 g/mol. The van der Waals surface area contributed by atoms with Gasteiger partial charge in [0, 0.05) is 17.8 Å². The number of aliphatic carboxylic acids is 1. The van der Waals surface area contributed by atoms with Crippen LogP contribution in [0.25, 0.3) is 0 Å². The zero-order chi connectivity index (χ0) is 17.7. The summed E-state index contributed by atoms with van der Waals surface area (Å²) in [6.07, 6.45) is -0.563. The molecule has 1 aromatic carbocycles. The highest BCUT2D eigenvalue weighted by Crippen LogP contribution is 2.16. The lowest BCUT2D eigenvalue weighted by molar-refractivity contribution is -0.154. The van der Waals surface area contributed by atoms with Gasteiger partial charge in [0.05, 0.1) is 18.9 Å². The number of sulfonamides is 1. The maximum atomic E-state index is 12.5. The summed E-state index contributed by atoms with van der Waals surface area (Å²) in [5.41, 5.74) is 0.593. The molecule has 1 unspecified atom stereocenters. The molecule has 1 atom stereocenters. The minimum atomic E-state index is -3.44. The second-order valence-corrected chi connectivity index (χ2v) is 7.29. The molecule has 1 fully saturated rings. The SMILES string of the molecule is CCCS(=O)(=O)Nc1cccc(C(=O)N2CCOC(C(=O)O)C2)c1. The fourth-order valence-electron chi connectivity index (χ4n) is 2.38. The molecule has 132 valence electrons. The summed E-state index contributed by atoms with van der Waals surface area (Å²) in [5.74, 6) is -1.48. The lowest BCUT2D eigenvalue weighted by atomic mass is 10.1.